The molecule has 3 aromatic rings. The van der Waals surface area contributed by atoms with Crippen molar-refractivity contribution in [1.29, 1.82) is 0 Å². The first-order valence-electron chi connectivity index (χ1n) is 10.2. The Morgan fingerprint density at radius 1 is 1.13 bits per heavy atom. The van der Waals surface area contributed by atoms with Gasteiger partial charge in [0.1, 0.15) is 0 Å². The van der Waals surface area contributed by atoms with Gasteiger partial charge < -0.3 is 20.8 Å². The zero-order valence-electron chi connectivity index (χ0n) is 16.5. The second-order valence-electron chi connectivity index (χ2n) is 7.58. The van der Waals surface area contributed by atoms with Crippen LogP contribution in [0.15, 0.2) is 48.8 Å². The van der Waals surface area contributed by atoms with E-state index < -0.39 is 6.04 Å². The number of nitrogens with zero attached hydrogens (tertiary/aromatic N) is 3. The molecule has 1 atom stereocenters. The molecule has 0 spiro atoms. The number of rotatable bonds is 6. The molecule has 1 aromatic carbocycles. The molecule has 0 radical (unpaired) electrons. The van der Waals surface area contributed by atoms with Gasteiger partial charge in [0.15, 0.2) is 0 Å². The van der Waals surface area contributed by atoms with E-state index in [1.807, 2.05) is 6.07 Å². The lowest BCUT2D eigenvalue weighted by Crippen LogP contribution is -2.31. The van der Waals surface area contributed by atoms with Gasteiger partial charge in [-0.3, -0.25) is 9.78 Å². The average Bonchev–Trinajstić information content (AvgIpc) is 2.79. The van der Waals surface area contributed by atoms with Crippen LogP contribution in [0, 0.1) is 0 Å². The molecule has 156 valence electrons. The van der Waals surface area contributed by atoms with Crippen molar-refractivity contribution in [2.45, 2.75) is 43.9 Å². The Labute approximate surface area is 174 Å². The summed E-state index contributed by atoms with van der Waals surface area (Å²) in [6.45, 7) is -0.247. The van der Waals surface area contributed by atoms with Gasteiger partial charge in [-0.25, -0.2) is 9.97 Å². The molecule has 2 aromatic heterocycles. The second kappa shape index (κ2) is 9.15. The standard InChI is InChI=1S/C22H25N5O3/c28-13-20(18-3-1-2-10-23-18)26-21(30)14-4-5-15-12-24-22(27-19(15)11-14)25-16-6-8-17(29)9-7-16/h1-5,10-12,16-17,20,28-29H,6-9,13H2,(H,26,30)(H,24,25,27). The molecule has 1 unspecified atom stereocenters. The lowest BCUT2D eigenvalue weighted by molar-refractivity contribution is 0.0915. The van der Waals surface area contributed by atoms with E-state index in [-0.39, 0.29) is 24.7 Å². The Balaban J connectivity index is 1.49. The normalized spacial score (nSPS) is 19.9. The number of pyridine rings is 1. The Kier molecular flexibility index (Phi) is 6.15. The number of anilines is 1. The number of nitrogens with one attached hydrogen (secondary N) is 2. The summed E-state index contributed by atoms with van der Waals surface area (Å²) in [6.07, 6.45) is 6.45. The van der Waals surface area contributed by atoms with Gasteiger partial charge >= 0.3 is 0 Å². The molecule has 30 heavy (non-hydrogen) atoms. The van der Waals surface area contributed by atoms with Crippen LogP contribution >= 0.6 is 0 Å². The van der Waals surface area contributed by atoms with Crippen LogP contribution in [0.1, 0.15) is 47.8 Å². The zero-order chi connectivity index (χ0) is 20.9. The van der Waals surface area contributed by atoms with Gasteiger partial charge in [0.25, 0.3) is 5.91 Å². The van der Waals surface area contributed by atoms with Crippen molar-refractivity contribution in [3.8, 4) is 0 Å². The second-order valence-corrected chi connectivity index (χ2v) is 7.58. The fourth-order valence-corrected chi connectivity index (χ4v) is 3.67. The molecule has 4 rings (SSSR count). The average molecular weight is 407 g/mol. The maximum absolute atomic E-state index is 12.7. The number of fused-ring (bicyclic) bond motifs is 1. The van der Waals surface area contributed by atoms with Crippen LogP contribution in [0.2, 0.25) is 0 Å². The first kappa shape index (κ1) is 20.2. The molecule has 2 heterocycles. The van der Waals surface area contributed by atoms with E-state index in [2.05, 4.69) is 25.6 Å². The van der Waals surface area contributed by atoms with E-state index in [1.54, 1.807) is 42.7 Å². The summed E-state index contributed by atoms with van der Waals surface area (Å²) in [4.78, 5) is 25.9. The smallest absolute Gasteiger partial charge is 0.251 e. The number of carbonyl (C=O) groups excluding carboxylic acids is 1. The third-order valence-corrected chi connectivity index (χ3v) is 5.41. The van der Waals surface area contributed by atoms with Crippen LogP contribution in [0.4, 0.5) is 5.95 Å². The Hall–Kier alpha value is -3.10. The fraction of sp³-hybridized carbons (Fsp3) is 0.364. The number of aliphatic hydroxyl groups is 2. The molecule has 8 heteroatoms. The van der Waals surface area contributed by atoms with Crippen LogP contribution < -0.4 is 10.6 Å². The first-order chi connectivity index (χ1) is 14.6. The van der Waals surface area contributed by atoms with E-state index in [0.717, 1.165) is 31.1 Å². The molecule has 1 saturated carbocycles. The maximum Gasteiger partial charge on any atom is 0.251 e. The Morgan fingerprint density at radius 3 is 2.70 bits per heavy atom. The summed E-state index contributed by atoms with van der Waals surface area (Å²) >= 11 is 0. The molecule has 4 N–H and O–H groups in total. The van der Waals surface area contributed by atoms with Crippen molar-refractivity contribution in [2.24, 2.45) is 0 Å². The van der Waals surface area contributed by atoms with Crippen molar-refractivity contribution < 1.29 is 15.0 Å². The lowest BCUT2D eigenvalue weighted by Gasteiger charge is -2.26. The van der Waals surface area contributed by atoms with E-state index >= 15 is 0 Å². The van der Waals surface area contributed by atoms with E-state index in [1.165, 1.54) is 0 Å². The summed E-state index contributed by atoms with van der Waals surface area (Å²) in [7, 11) is 0. The fourth-order valence-electron chi connectivity index (χ4n) is 3.67. The monoisotopic (exact) mass is 407 g/mol. The predicted molar refractivity (Wildman–Crippen MR) is 113 cm³/mol. The van der Waals surface area contributed by atoms with E-state index in [0.29, 0.717) is 22.7 Å². The minimum Gasteiger partial charge on any atom is -0.394 e. The first-order valence-corrected chi connectivity index (χ1v) is 10.2. The summed E-state index contributed by atoms with van der Waals surface area (Å²) < 4.78 is 0. The molecule has 0 bridgehead atoms. The summed E-state index contributed by atoms with van der Waals surface area (Å²) in [5.74, 6) is 0.208. The molecular weight excluding hydrogens is 382 g/mol. The predicted octanol–water partition coefficient (Wildman–Crippen LogP) is 2.20. The number of benzene rings is 1. The molecule has 1 aliphatic rings. The quantitative estimate of drug-likeness (QED) is 0.494. The Bertz CT molecular complexity index is 1010. The number of aromatic nitrogens is 3. The van der Waals surface area contributed by atoms with Gasteiger partial charge in [0.2, 0.25) is 5.95 Å². The lowest BCUT2D eigenvalue weighted by atomic mass is 9.93. The van der Waals surface area contributed by atoms with Crippen LogP contribution in [0.3, 0.4) is 0 Å². The van der Waals surface area contributed by atoms with E-state index in [4.69, 9.17) is 0 Å². The third-order valence-electron chi connectivity index (χ3n) is 5.41. The van der Waals surface area contributed by atoms with Crippen LogP contribution in [-0.2, 0) is 0 Å². The van der Waals surface area contributed by atoms with Gasteiger partial charge in [0.05, 0.1) is 30.0 Å². The minimum atomic E-state index is -0.585. The van der Waals surface area contributed by atoms with Crippen molar-refractivity contribution in [3.05, 3.63) is 60.0 Å². The highest BCUT2D eigenvalue weighted by Gasteiger charge is 2.20. The van der Waals surface area contributed by atoms with Crippen molar-refractivity contribution in [1.82, 2.24) is 20.3 Å². The molecule has 1 amide bonds. The number of hydrogen-bond acceptors (Lipinski definition) is 7. The van der Waals surface area contributed by atoms with Gasteiger partial charge in [0, 0.05) is 29.4 Å². The van der Waals surface area contributed by atoms with Gasteiger partial charge in [-0.05, 0) is 49.9 Å². The minimum absolute atomic E-state index is 0.213. The van der Waals surface area contributed by atoms with Crippen molar-refractivity contribution in [2.75, 3.05) is 11.9 Å². The summed E-state index contributed by atoms with van der Waals surface area (Å²) in [5, 5.41) is 26.3. The number of carbonyl (C=O) groups is 1. The van der Waals surface area contributed by atoms with Crippen molar-refractivity contribution >= 4 is 22.8 Å². The molecule has 1 fully saturated rings. The molecule has 8 nitrogen and oxygen atoms in total. The summed E-state index contributed by atoms with van der Waals surface area (Å²) in [6, 6.07) is 10.2. The van der Waals surface area contributed by atoms with E-state index in [9.17, 15) is 15.0 Å². The third kappa shape index (κ3) is 4.72. The topological polar surface area (TPSA) is 120 Å². The van der Waals surface area contributed by atoms with Crippen LogP contribution in [0.5, 0.6) is 0 Å². The molecule has 0 aliphatic heterocycles. The van der Waals surface area contributed by atoms with Gasteiger partial charge in [-0.2, -0.15) is 0 Å². The molecule has 1 aliphatic carbocycles. The SMILES string of the molecule is O=C(NC(CO)c1ccccn1)c1ccc2cnc(NC3CCC(O)CC3)nc2c1. The summed E-state index contributed by atoms with van der Waals surface area (Å²) in [5.41, 5.74) is 1.71. The molecule has 0 saturated heterocycles. The van der Waals surface area contributed by atoms with Gasteiger partial charge in [-0.1, -0.05) is 12.1 Å². The van der Waals surface area contributed by atoms with Crippen molar-refractivity contribution in [3.63, 3.8) is 0 Å². The highest BCUT2D eigenvalue weighted by Crippen LogP contribution is 2.22. The van der Waals surface area contributed by atoms with Crippen LogP contribution in [0.25, 0.3) is 10.9 Å². The highest BCUT2D eigenvalue weighted by molar-refractivity contribution is 5.98. The van der Waals surface area contributed by atoms with Crippen LogP contribution in [-0.4, -0.2) is 49.8 Å². The number of aliphatic hydroxyl groups excluding tert-OH is 2. The molecular formula is C22H25N5O3. The highest BCUT2D eigenvalue weighted by atomic mass is 16.3. The number of amides is 1. The number of hydrogen-bond donors (Lipinski definition) is 4. The largest absolute Gasteiger partial charge is 0.394 e. The maximum atomic E-state index is 12.7. The zero-order valence-corrected chi connectivity index (χ0v) is 16.5. The Morgan fingerprint density at radius 2 is 1.97 bits per heavy atom. The van der Waals surface area contributed by atoms with Gasteiger partial charge in [-0.15, -0.1) is 0 Å².